The van der Waals surface area contributed by atoms with Gasteiger partial charge in [0, 0.05) is 0 Å². The van der Waals surface area contributed by atoms with Crippen LogP contribution in [0.4, 0.5) is 0 Å². The molecule has 0 heterocycles. The van der Waals surface area contributed by atoms with Crippen molar-refractivity contribution < 1.29 is 61.3 Å². The molecule has 5 heteroatoms. The Kier molecular flexibility index (Phi) is 23.4. The number of unbranched alkanes of at least 4 members (excludes halogenated alkanes) is 13. The van der Waals surface area contributed by atoms with Crippen LogP contribution >= 0.6 is 45.2 Å². The van der Waals surface area contributed by atoms with Gasteiger partial charge in [-0.1, -0.05) is 142 Å². The van der Waals surface area contributed by atoms with Crippen molar-refractivity contribution in [1.29, 1.82) is 0 Å². The second-order valence-corrected chi connectivity index (χ2v) is 12.1. The molecule has 0 saturated heterocycles. The molecule has 0 spiro atoms. The average molecular weight is 574 g/mol. The first-order valence-electron chi connectivity index (χ1n) is 9.10. The molecule has 0 fully saturated rings. The van der Waals surface area contributed by atoms with Crippen molar-refractivity contribution >= 4 is 51.2 Å². The van der Waals surface area contributed by atoms with Crippen LogP contribution < -0.4 is 56.5 Å². The maximum atomic E-state index is 10.9. The molecule has 0 unspecified atom stereocenters. The smallest absolute Gasteiger partial charge is 0.548 e. The van der Waals surface area contributed by atoms with Crippen molar-refractivity contribution in [2.45, 2.75) is 105 Å². The zero-order chi connectivity index (χ0) is 16.7. The third kappa shape index (κ3) is 19.1. The molecule has 0 rings (SSSR count). The van der Waals surface area contributed by atoms with Crippen LogP contribution in [-0.2, 0) is 4.79 Å². The third-order valence-corrected chi connectivity index (χ3v) is 6.10. The molecule has 0 aromatic rings. The Bertz CT molecular complexity index is 274. The molecule has 132 valence electrons. The number of carboxylic acids is 1. The Labute approximate surface area is 213 Å². The summed E-state index contributed by atoms with van der Waals surface area (Å²) < 4.78 is -0.716. The predicted molar refractivity (Wildman–Crippen MR) is 111 cm³/mol. The van der Waals surface area contributed by atoms with Gasteiger partial charge in [0.15, 0.2) is 0 Å². The first-order valence-corrected chi connectivity index (χ1v) is 11.3. The molecule has 23 heavy (non-hydrogen) atoms. The van der Waals surface area contributed by atoms with Crippen molar-refractivity contribution in [2.75, 3.05) is 0 Å². The molecule has 0 aliphatic carbocycles. The molecule has 2 nitrogen and oxygen atoms in total. The van der Waals surface area contributed by atoms with Crippen LogP contribution in [0.2, 0.25) is 0 Å². The monoisotopic (exact) mass is 574 g/mol. The fourth-order valence-electron chi connectivity index (χ4n) is 2.64. The number of hydrogen-bond acceptors (Lipinski definition) is 2. The van der Waals surface area contributed by atoms with E-state index in [1.54, 1.807) is 0 Å². The van der Waals surface area contributed by atoms with Gasteiger partial charge < -0.3 is 9.90 Å². The third-order valence-electron chi connectivity index (χ3n) is 4.14. The van der Waals surface area contributed by atoms with Crippen molar-refractivity contribution in [3.63, 3.8) is 0 Å². The van der Waals surface area contributed by atoms with Crippen LogP contribution in [0.3, 0.4) is 0 Å². The molecule has 0 N–H and O–H groups in total. The van der Waals surface area contributed by atoms with E-state index in [0.717, 1.165) is 12.8 Å². The first kappa shape index (κ1) is 27.8. The van der Waals surface area contributed by atoms with Crippen molar-refractivity contribution in [1.82, 2.24) is 0 Å². The summed E-state index contributed by atoms with van der Waals surface area (Å²) in [5.74, 6) is -0.941. The zero-order valence-corrected chi connectivity index (χ0v) is 22.6. The van der Waals surface area contributed by atoms with E-state index in [2.05, 4.69) is 6.92 Å². The van der Waals surface area contributed by atoms with Crippen LogP contribution in [0.15, 0.2) is 0 Å². The summed E-state index contributed by atoms with van der Waals surface area (Å²) in [5, 5.41) is 10.9. The summed E-state index contributed by atoms with van der Waals surface area (Å²) >= 11 is 3.98. The maximum absolute atomic E-state index is 10.9. The van der Waals surface area contributed by atoms with Crippen LogP contribution in [-0.4, -0.2) is 7.40 Å². The van der Waals surface area contributed by atoms with Crippen molar-refractivity contribution in [3.05, 3.63) is 0 Å². The zero-order valence-electron chi connectivity index (χ0n) is 15.2. The van der Waals surface area contributed by atoms with Gasteiger partial charge >= 0.3 is 51.4 Å². The number of carboxylic acid groups (broad SMARTS) is 1. The number of alkyl halides is 2. The van der Waals surface area contributed by atoms with Crippen LogP contribution in [0.5, 0.6) is 0 Å². The van der Waals surface area contributed by atoms with Crippen molar-refractivity contribution in [2.24, 2.45) is 0 Å². The minimum Gasteiger partial charge on any atom is -0.548 e. The van der Waals surface area contributed by atoms with E-state index in [1.165, 1.54) is 77.0 Å². The van der Waals surface area contributed by atoms with E-state index in [4.69, 9.17) is 0 Å². The Morgan fingerprint density at radius 1 is 0.739 bits per heavy atom. The Balaban J connectivity index is 0. The molecule has 0 aliphatic heterocycles. The summed E-state index contributed by atoms with van der Waals surface area (Å²) in [6, 6.07) is 0. The van der Waals surface area contributed by atoms with Gasteiger partial charge in [-0.25, -0.2) is 0 Å². The van der Waals surface area contributed by atoms with Gasteiger partial charge in [-0.2, -0.15) is 0 Å². The Hall–Kier alpha value is 2.57. The molecular weight excluding hydrogens is 541 g/mol. The summed E-state index contributed by atoms with van der Waals surface area (Å²) in [4.78, 5) is 10.9. The quantitative estimate of drug-likeness (QED) is 0.123. The topological polar surface area (TPSA) is 40.1 Å². The van der Waals surface area contributed by atoms with Gasteiger partial charge in [0.1, 0.15) is 1.43 Å². The van der Waals surface area contributed by atoms with E-state index in [0.29, 0.717) is 6.42 Å². The van der Waals surface area contributed by atoms with Gasteiger partial charge in [-0.15, -0.1) is 0 Å². The maximum Gasteiger partial charge on any atom is 1.00 e. The van der Waals surface area contributed by atoms with Gasteiger partial charge in [-0.05, 0) is 6.42 Å². The minimum atomic E-state index is -0.941. The Morgan fingerprint density at radius 3 is 1.35 bits per heavy atom. The SMILES string of the molecule is CCCCCCCCCCCCCCCCC(I)(I)C(=O)[O-].[K+]. The molecule has 0 atom stereocenters. The molecule has 0 bridgehead atoms. The van der Waals surface area contributed by atoms with Crippen LogP contribution in [0.1, 0.15) is 103 Å². The molecule has 0 amide bonds. The fourth-order valence-corrected chi connectivity index (χ4v) is 3.41. The number of aliphatic carboxylic acids is 1. The van der Waals surface area contributed by atoms with Crippen LogP contribution in [0.25, 0.3) is 0 Å². The number of hydrogen-bond donors (Lipinski definition) is 0. The largest absolute Gasteiger partial charge is 1.00 e. The molecule has 0 saturated carbocycles. The standard InChI is InChI=1S/C18H34I2O2.K/c1-2-3-4-5-6-7-8-9-10-11-12-13-14-15-16-18(19,20)17(21)22;/h2-16H2,1H3,(H,21,22);/q;+1/p-1. The minimum absolute atomic E-state index is 0. The van der Waals surface area contributed by atoms with E-state index in [9.17, 15) is 9.90 Å². The second kappa shape index (κ2) is 19.3. The number of carbonyl (C=O) groups is 1. The van der Waals surface area contributed by atoms with Gasteiger partial charge in [0.2, 0.25) is 0 Å². The summed E-state index contributed by atoms with van der Waals surface area (Å²) in [5.41, 5.74) is 0. The summed E-state index contributed by atoms with van der Waals surface area (Å²) in [6.45, 7) is 2.27. The van der Waals surface area contributed by atoms with Gasteiger partial charge in [-0.3, -0.25) is 0 Å². The molecule has 0 radical (unpaired) electrons. The normalized spacial score (nSPS) is 11.3. The molecular formula is C18H33I2KO2. The second-order valence-electron chi connectivity index (χ2n) is 6.34. The molecule has 0 aromatic heterocycles. The van der Waals surface area contributed by atoms with E-state index < -0.39 is 7.40 Å². The average Bonchev–Trinajstić information content (AvgIpc) is 2.47. The molecule has 0 aromatic carbocycles. The van der Waals surface area contributed by atoms with Gasteiger partial charge in [0.25, 0.3) is 0 Å². The van der Waals surface area contributed by atoms with Gasteiger partial charge in [0.05, 0.1) is 5.97 Å². The number of halogens is 2. The Morgan fingerprint density at radius 2 is 1.04 bits per heavy atom. The predicted octanol–water partition coefficient (Wildman–Crippen LogP) is 3.18. The van der Waals surface area contributed by atoms with E-state index in [1.807, 2.05) is 45.2 Å². The summed E-state index contributed by atoms with van der Waals surface area (Å²) in [7, 11) is 0. The first-order chi connectivity index (χ1) is 10.5. The van der Waals surface area contributed by atoms with E-state index in [-0.39, 0.29) is 51.4 Å². The summed E-state index contributed by atoms with van der Waals surface area (Å²) in [6.07, 6.45) is 19.4. The van der Waals surface area contributed by atoms with E-state index >= 15 is 0 Å². The van der Waals surface area contributed by atoms with Crippen LogP contribution in [0, 0.1) is 0 Å². The molecule has 0 aliphatic rings. The van der Waals surface area contributed by atoms with Crippen molar-refractivity contribution in [3.8, 4) is 0 Å². The number of carbonyl (C=O) groups excluding carboxylic acids is 1. The fraction of sp³-hybridized carbons (Fsp3) is 0.944. The number of rotatable bonds is 16.